The summed E-state index contributed by atoms with van der Waals surface area (Å²) in [5.74, 6) is 0. The van der Waals surface area contributed by atoms with E-state index in [9.17, 15) is 4.79 Å². The highest BCUT2D eigenvalue weighted by Gasteiger charge is 1.95. The molecule has 0 heterocycles. The van der Waals surface area contributed by atoms with Gasteiger partial charge < -0.3 is 5.32 Å². The molecule has 1 aromatic rings. The summed E-state index contributed by atoms with van der Waals surface area (Å²) in [5.41, 5.74) is 1.50. The van der Waals surface area contributed by atoms with Gasteiger partial charge in [0, 0.05) is 6.21 Å². The highest BCUT2D eigenvalue weighted by Crippen LogP contribution is 2.22. The standard InChI is InChI=1S/C9H10N2O/c1-2-10-8-5-3-4-6-9(8)11-7-12/h2-7H,1H3,(H,11,12)/b10-2-. The van der Waals surface area contributed by atoms with E-state index in [1.165, 1.54) is 0 Å². The maximum absolute atomic E-state index is 10.2. The molecule has 0 aliphatic heterocycles. The van der Waals surface area contributed by atoms with Gasteiger partial charge in [-0.05, 0) is 19.1 Å². The zero-order valence-electron chi connectivity index (χ0n) is 6.82. The molecular formula is C9H10N2O. The predicted molar refractivity (Wildman–Crippen MR) is 50.0 cm³/mol. The first-order valence-corrected chi connectivity index (χ1v) is 3.66. The molecule has 0 radical (unpaired) electrons. The van der Waals surface area contributed by atoms with Crippen molar-refractivity contribution in [2.75, 3.05) is 5.32 Å². The Hall–Kier alpha value is -1.64. The van der Waals surface area contributed by atoms with Crippen molar-refractivity contribution < 1.29 is 4.79 Å². The fourth-order valence-corrected chi connectivity index (χ4v) is 0.911. The van der Waals surface area contributed by atoms with Crippen molar-refractivity contribution in [3.05, 3.63) is 24.3 Å². The quantitative estimate of drug-likeness (QED) is 0.535. The molecule has 0 unspecified atom stereocenters. The summed E-state index contributed by atoms with van der Waals surface area (Å²) in [6.07, 6.45) is 2.33. The monoisotopic (exact) mass is 162 g/mol. The number of para-hydroxylation sites is 2. The first-order chi connectivity index (χ1) is 5.88. The molecule has 3 nitrogen and oxygen atoms in total. The molecule has 0 aromatic heterocycles. The van der Waals surface area contributed by atoms with E-state index in [4.69, 9.17) is 0 Å². The molecule has 0 spiro atoms. The lowest BCUT2D eigenvalue weighted by molar-refractivity contribution is -0.105. The SMILES string of the molecule is C/C=N\c1ccccc1NC=O. The third-order valence-corrected chi connectivity index (χ3v) is 1.39. The number of nitrogens with one attached hydrogen (secondary N) is 1. The minimum absolute atomic E-state index is 0.643. The van der Waals surface area contributed by atoms with E-state index in [1.54, 1.807) is 12.3 Å². The van der Waals surface area contributed by atoms with E-state index >= 15 is 0 Å². The first kappa shape index (κ1) is 8.46. The van der Waals surface area contributed by atoms with Gasteiger partial charge in [-0.2, -0.15) is 0 Å². The maximum atomic E-state index is 10.2. The number of carbonyl (C=O) groups is 1. The van der Waals surface area contributed by atoms with Gasteiger partial charge in [0.15, 0.2) is 0 Å². The van der Waals surface area contributed by atoms with E-state index in [0.717, 1.165) is 11.4 Å². The van der Waals surface area contributed by atoms with E-state index in [-0.39, 0.29) is 0 Å². The molecule has 3 heteroatoms. The molecule has 0 aliphatic carbocycles. The van der Waals surface area contributed by atoms with Gasteiger partial charge in [0.25, 0.3) is 0 Å². The average molecular weight is 162 g/mol. The molecule has 0 aliphatic rings. The summed E-state index contributed by atoms with van der Waals surface area (Å²) < 4.78 is 0. The molecule has 62 valence electrons. The number of nitrogens with zero attached hydrogens (tertiary/aromatic N) is 1. The Morgan fingerprint density at radius 2 is 2.17 bits per heavy atom. The van der Waals surface area contributed by atoms with Crippen LogP contribution in [0.1, 0.15) is 6.92 Å². The molecule has 12 heavy (non-hydrogen) atoms. The number of hydrogen-bond acceptors (Lipinski definition) is 2. The van der Waals surface area contributed by atoms with Gasteiger partial charge in [-0.1, -0.05) is 12.1 Å². The Morgan fingerprint density at radius 1 is 1.42 bits per heavy atom. The largest absolute Gasteiger partial charge is 0.327 e. The lowest BCUT2D eigenvalue weighted by atomic mass is 10.3. The number of aliphatic imine (C=N–C) groups is 1. The predicted octanol–water partition coefficient (Wildman–Crippen LogP) is 1.98. The van der Waals surface area contributed by atoms with Crippen molar-refractivity contribution in [2.45, 2.75) is 6.92 Å². The Balaban J connectivity index is 2.99. The van der Waals surface area contributed by atoms with E-state index in [0.29, 0.717) is 6.41 Å². The topological polar surface area (TPSA) is 41.5 Å². The van der Waals surface area contributed by atoms with Crippen molar-refractivity contribution in [3.63, 3.8) is 0 Å². The van der Waals surface area contributed by atoms with Crippen LogP contribution in [0.5, 0.6) is 0 Å². The average Bonchev–Trinajstić information content (AvgIpc) is 2.09. The van der Waals surface area contributed by atoms with Crippen LogP contribution in [0.15, 0.2) is 29.3 Å². The Labute approximate surface area is 71.1 Å². The van der Waals surface area contributed by atoms with Crippen molar-refractivity contribution in [1.82, 2.24) is 0 Å². The summed E-state index contributed by atoms with van der Waals surface area (Å²) in [5, 5.41) is 2.57. The molecule has 0 saturated carbocycles. The van der Waals surface area contributed by atoms with Gasteiger partial charge in [-0.25, -0.2) is 0 Å². The summed E-state index contributed by atoms with van der Waals surface area (Å²) >= 11 is 0. The van der Waals surface area contributed by atoms with E-state index < -0.39 is 0 Å². The van der Waals surface area contributed by atoms with Crippen LogP contribution in [0.2, 0.25) is 0 Å². The van der Waals surface area contributed by atoms with Crippen molar-refractivity contribution in [3.8, 4) is 0 Å². The number of anilines is 1. The lowest BCUT2D eigenvalue weighted by Crippen LogP contribution is -1.93. The molecule has 0 atom stereocenters. The third kappa shape index (κ3) is 1.92. The van der Waals surface area contributed by atoms with Crippen LogP contribution >= 0.6 is 0 Å². The normalized spacial score (nSPS) is 10.1. The van der Waals surface area contributed by atoms with Gasteiger partial charge >= 0.3 is 0 Å². The summed E-state index contributed by atoms with van der Waals surface area (Å²) in [7, 11) is 0. The van der Waals surface area contributed by atoms with Crippen LogP contribution in [0, 0.1) is 0 Å². The van der Waals surface area contributed by atoms with Crippen LogP contribution in [-0.2, 0) is 4.79 Å². The van der Waals surface area contributed by atoms with E-state index in [1.807, 2.05) is 25.1 Å². The second-order valence-corrected chi connectivity index (χ2v) is 2.17. The molecule has 0 fully saturated rings. The summed E-state index contributed by atoms with van der Waals surface area (Å²) in [6, 6.07) is 7.36. The molecular weight excluding hydrogens is 152 g/mol. The van der Waals surface area contributed by atoms with Gasteiger partial charge in [0.1, 0.15) is 0 Å². The number of hydrogen-bond donors (Lipinski definition) is 1. The van der Waals surface area contributed by atoms with Gasteiger partial charge in [-0.15, -0.1) is 0 Å². The second-order valence-electron chi connectivity index (χ2n) is 2.17. The smallest absolute Gasteiger partial charge is 0.211 e. The Kier molecular flexibility index (Phi) is 3.02. The summed E-state index contributed by atoms with van der Waals surface area (Å²) in [6.45, 7) is 1.83. The minimum Gasteiger partial charge on any atom is -0.327 e. The molecule has 0 saturated heterocycles. The molecule has 1 N–H and O–H groups in total. The molecule has 1 rings (SSSR count). The van der Waals surface area contributed by atoms with Crippen LogP contribution in [0.25, 0.3) is 0 Å². The van der Waals surface area contributed by atoms with Gasteiger partial charge in [-0.3, -0.25) is 9.79 Å². The molecule has 1 amide bonds. The highest BCUT2D eigenvalue weighted by molar-refractivity contribution is 5.80. The number of amides is 1. The van der Waals surface area contributed by atoms with Crippen molar-refractivity contribution in [1.29, 1.82) is 0 Å². The molecule has 0 bridgehead atoms. The number of rotatable bonds is 3. The van der Waals surface area contributed by atoms with E-state index in [2.05, 4.69) is 10.3 Å². The number of carbonyl (C=O) groups excluding carboxylic acids is 1. The maximum Gasteiger partial charge on any atom is 0.211 e. The summed E-state index contributed by atoms with van der Waals surface area (Å²) in [4.78, 5) is 14.2. The number of benzene rings is 1. The zero-order valence-corrected chi connectivity index (χ0v) is 6.82. The highest BCUT2D eigenvalue weighted by atomic mass is 16.1. The minimum atomic E-state index is 0.643. The molecule has 1 aromatic carbocycles. The van der Waals surface area contributed by atoms with Crippen LogP contribution in [0.4, 0.5) is 11.4 Å². The van der Waals surface area contributed by atoms with Crippen LogP contribution in [-0.4, -0.2) is 12.6 Å². The fourth-order valence-electron chi connectivity index (χ4n) is 0.911. The Bertz CT molecular complexity index is 294. The zero-order chi connectivity index (χ0) is 8.81. The fraction of sp³-hybridized carbons (Fsp3) is 0.111. The van der Waals surface area contributed by atoms with Gasteiger partial charge in [0.05, 0.1) is 11.4 Å². The lowest BCUT2D eigenvalue weighted by Gasteiger charge is -2.01. The Morgan fingerprint density at radius 3 is 2.83 bits per heavy atom. The van der Waals surface area contributed by atoms with Crippen molar-refractivity contribution in [2.24, 2.45) is 4.99 Å². The second kappa shape index (κ2) is 4.28. The van der Waals surface area contributed by atoms with Crippen LogP contribution in [0.3, 0.4) is 0 Å². The first-order valence-electron chi connectivity index (χ1n) is 3.66. The van der Waals surface area contributed by atoms with Crippen LogP contribution < -0.4 is 5.32 Å². The third-order valence-electron chi connectivity index (χ3n) is 1.39. The van der Waals surface area contributed by atoms with Crippen molar-refractivity contribution >= 4 is 24.0 Å². The van der Waals surface area contributed by atoms with Gasteiger partial charge in [0.2, 0.25) is 6.41 Å².